The van der Waals surface area contributed by atoms with Crippen molar-refractivity contribution in [1.29, 1.82) is 0 Å². The number of hydrogen-bond donors (Lipinski definition) is 1. The summed E-state index contributed by atoms with van der Waals surface area (Å²) < 4.78 is 1.08. The van der Waals surface area contributed by atoms with E-state index in [0.29, 0.717) is 0 Å². The Morgan fingerprint density at radius 1 is 1.59 bits per heavy atom. The Balaban J connectivity index is 2.19. The van der Waals surface area contributed by atoms with Gasteiger partial charge in [-0.05, 0) is 34.3 Å². The Bertz CT molecular complexity index is 371. The number of aromatic nitrogens is 1. The third-order valence-corrected chi connectivity index (χ3v) is 4.40. The fourth-order valence-corrected chi connectivity index (χ4v) is 2.99. The number of nitrogens with one attached hydrogen (secondary N) is 1. The molecule has 3 nitrogen and oxygen atoms in total. The summed E-state index contributed by atoms with van der Waals surface area (Å²) in [6.07, 6.45) is 3.85. The molecular weight excluding hydrogens is 318 g/mol. The van der Waals surface area contributed by atoms with Crippen LogP contribution < -0.4 is 5.32 Å². The van der Waals surface area contributed by atoms with Crippen LogP contribution in [-0.4, -0.2) is 35.8 Å². The Hall–Kier alpha value is -0.200. The molecule has 0 saturated heterocycles. The quantitative estimate of drug-likeness (QED) is 0.510. The molecule has 0 radical (unpaired) electrons. The number of aliphatic imine (C=N–C) groups is 1. The van der Waals surface area contributed by atoms with Crippen LogP contribution in [0.1, 0.15) is 5.69 Å². The summed E-state index contributed by atoms with van der Waals surface area (Å²) in [5.41, 5.74) is 1.10. The lowest BCUT2D eigenvalue weighted by Gasteiger charge is -2.06. The Morgan fingerprint density at radius 2 is 2.41 bits per heavy atom. The monoisotopic (exact) mass is 333 g/mol. The third kappa shape index (κ3) is 5.79. The van der Waals surface area contributed by atoms with Crippen LogP contribution in [0.25, 0.3) is 0 Å². The summed E-state index contributed by atoms with van der Waals surface area (Å²) >= 11 is 7.00. The van der Waals surface area contributed by atoms with Gasteiger partial charge in [0.1, 0.15) is 0 Å². The minimum absolute atomic E-state index is 0.932. The van der Waals surface area contributed by atoms with Crippen molar-refractivity contribution in [2.24, 2.45) is 4.99 Å². The highest BCUT2D eigenvalue weighted by Crippen LogP contribution is 2.18. The van der Waals surface area contributed by atoms with Crippen molar-refractivity contribution in [2.75, 3.05) is 25.6 Å². The first kappa shape index (κ1) is 14.9. The van der Waals surface area contributed by atoms with Gasteiger partial charge in [-0.1, -0.05) is 11.8 Å². The van der Waals surface area contributed by atoms with E-state index in [2.05, 4.69) is 31.2 Å². The smallest absolute Gasteiger partial charge is 0.156 e. The first-order valence-corrected chi connectivity index (χ1v) is 8.37. The van der Waals surface area contributed by atoms with E-state index in [-0.39, 0.29) is 0 Å². The number of thioether (sulfide) groups is 2. The average molecular weight is 334 g/mol. The number of hydrogen-bond acceptors (Lipinski definition) is 4. The lowest BCUT2D eigenvalue weighted by Crippen LogP contribution is -2.22. The summed E-state index contributed by atoms with van der Waals surface area (Å²) in [5.74, 6) is 1.98. The van der Waals surface area contributed by atoms with Gasteiger partial charge < -0.3 is 5.32 Å². The Labute approximate surface area is 119 Å². The van der Waals surface area contributed by atoms with Crippen LogP contribution in [0.3, 0.4) is 0 Å². The molecule has 17 heavy (non-hydrogen) atoms. The Kier molecular flexibility index (Phi) is 7.72. The molecule has 0 aliphatic carbocycles. The van der Waals surface area contributed by atoms with E-state index in [1.807, 2.05) is 36.3 Å². The number of pyridine rings is 1. The van der Waals surface area contributed by atoms with Gasteiger partial charge in [0.05, 0.1) is 5.69 Å². The van der Waals surface area contributed by atoms with Gasteiger partial charge in [-0.2, -0.15) is 11.8 Å². The van der Waals surface area contributed by atoms with Crippen LogP contribution in [0.2, 0.25) is 0 Å². The molecule has 1 aromatic heterocycles. The van der Waals surface area contributed by atoms with Gasteiger partial charge in [-0.3, -0.25) is 9.98 Å². The first-order valence-electron chi connectivity index (χ1n) is 5.19. The van der Waals surface area contributed by atoms with Crippen LogP contribution >= 0.6 is 39.5 Å². The number of rotatable bonds is 5. The van der Waals surface area contributed by atoms with Gasteiger partial charge in [-0.25, -0.2) is 0 Å². The van der Waals surface area contributed by atoms with Crippen LogP contribution in [0.4, 0.5) is 0 Å². The third-order valence-electron chi connectivity index (χ3n) is 1.99. The second-order valence-corrected chi connectivity index (χ2v) is 5.90. The molecule has 0 unspecified atom stereocenters. The SMILES string of the molecule is CN=C(NCCSCc1ncccc1Br)SC. The average Bonchev–Trinajstić information content (AvgIpc) is 2.36. The lowest BCUT2D eigenvalue weighted by molar-refractivity contribution is 0.987. The van der Waals surface area contributed by atoms with Crippen molar-refractivity contribution in [3.05, 3.63) is 28.5 Å². The minimum Gasteiger partial charge on any atom is -0.364 e. The van der Waals surface area contributed by atoms with Crippen LogP contribution in [0, 0.1) is 0 Å². The number of amidine groups is 1. The molecule has 1 aromatic rings. The molecule has 0 saturated carbocycles. The van der Waals surface area contributed by atoms with E-state index in [1.54, 1.807) is 18.8 Å². The van der Waals surface area contributed by atoms with Crippen molar-refractivity contribution < 1.29 is 0 Å². The normalized spacial score (nSPS) is 11.6. The van der Waals surface area contributed by atoms with Crippen molar-refractivity contribution in [1.82, 2.24) is 10.3 Å². The molecule has 1 heterocycles. The molecule has 1 N–H and O–H groups in total. The predicted molar refractivity (Wildman–Crippen MR) is 83.0 cm³/mol. The zero-order chi connectivity index (χ0) is 12.5. The van der Waals surface area contributed by atoms with E-state index in [1.165, 1.54) is 0 Å². The molecule has 0 aromatic carbocycles. The van der Waals surface area contributed by atoms with E-state index < -0.39 is 0 Å². The van der Waals surface area contributed by atoms with Gasteiger partial charge in [0, 0.05) is 35.8 Å². The van der Waals surface area contributed by atoms with Gasteiger partial charge in [-0.15, -0.1) is 0 Å². The van der Waals surface area contributed by atoms with E-state index in [0.717, 1.165) is 33.4 Å². The van der Waals surface area contributed by atoms with Gasteiger partial charge in [0.15, 0.2) is 5.17 Å². The molecule has 0 aliphatic rings. The number of halogens is 1. The molecule has 0 fully saturated rings. The predicted octanol–water partition coefficient (Wildman–Crippen LogP) is 3.02. The molecule has 1 rings (SSSR count). The van der Waals surface area contributed by atoms with E-state index in [9.17, 15) is 0 Å². The highest BCUT2D eigenvalue weighted by molar-refractivity contribution is 9.10. The van der Waals surface area contributed by atoms with E-state index >= 15 is 0 Å². The van der Waals surface area contributed by atoms with E-state index in [4.69, 9.17) is 0 Å². The Morgan fingerprint density at radius 3 is 3.06 bits per heavy atom. The molecule has 0 spiro atoms. The first-order chi connectivity index (χ1) is 8.27. The lowest BCUT2D eigenvalue weighted by atomic mass is 10.4. The van der Waals surface area contributed by atoms with Crippen molar-refractivity contribution in [2.45, 2.75) is 5.75 Å². The zero-order valence-electron chi connectivity index (χ0n) is 9.94. The second-order valence-electron chi connectivity index (χ2n) is 3.14. The molecule has 6 heteroatoms. The minimum atomic E-state index is 0.932. The van der Waals surface area contributed by atoms with Gasteiger partial charge in [0.2, 0.25) is 0 Å². The number of nitrogens with zero attached hydrogens (tertiary/aromatic N) is 2. The van der Waals surface area contributed by atoms with Crippen LogP contribution in [0.5, 0.6) is 0 Å². The maximum absolute atomic E-state index is 4.33. The van der Waals surface area contributed by atoms with Crippen LogP contribution in [0.15, 0.2) is 27.8 Å². The maximum Gasteiger partial charge on any atom is 0.156 e. The topological polar surface area (TPSA) is 37.3 Å². The summed E-state index contributed by atoms with van der Waals surface area (Å²) in [6, 6.07) is 3.96. The van der Waals surface area contributed by atoms with Crippen molar-refractivity contribution in [3.63, 3.8) is 0 Å². The zero-order valence-corrected chi connectivity index (χ0v) is 13.2. The molecule has 0 atom stereocenters. The molecule has 0 amide bonds. The van der Waals surface area contributed by atoms with Crippen LogP contribution in [-0.2, 0) is 5.75 Å². The second kappa shape index (κ2) is 8.83. The fraction of sp³-hybridized carbons (Fsp3) is 0.455. The molecule has 0 bridgehead atoms. The van der Waals surface area contributed by atoms with Crippen molar-refractivity contribution >= 4 is 44.6 Å². The summed E-state index contributed by atoms with van der Waals surface area (Å²) in [7, 11) is 1.80. The molecular formula is C11H16BrN3S2. The van der Waals surface area contributed by atoms with Gasteiger partial charge >= 0.3 is 0 Å². The molecule has 94 valence electrons. The fourth-order valence-electron chi connectivity index (χ4n) is 1.17. The maximum atomic E-state index is 4.33. The molecule has 0 aliphatic heterocycles. The van der Waals surface area contributed by atoms with Crippen molar-refractivity contribution in [3.8, 4) is 0 Å². The van der Waals surface area contributed by atoms with Gasteiger partial charge in [0.25, 0.3) is 0 Å². The summed E-state index contributed by atoms with van der Waals surface area (Å²) in [4.78, 5) is 8.44. The summed E-state index contributed by atoms with van der Waals surface area (Å²) in [6.45, 7) is 0.933. The largest absolute Gasteiger partial charge is 0.364 e. The summed E-state index contributed by atoms with van der Waals surface area (Å²) in [5, 5.41) is 4.27. The highest BCUT2D eigenvalue weighted by atomic mass is 79.9. The standard InChI is InChI=1S/C11H16BrN3S2/c1-13-11(16-2)15-6-7-17-8-10-9(12)4-3-5-14-10/h3-5H,6-8H2,1-2H3,(H,13,15). The highest BCUT2D eigenvalue weighted by Gasteiger charge is 2.00.